The Hall–Kier alpha value is -3.09. The summed E-state index contributed by atoms with van der Waals surface area (Å²) in [5.74, 6) is -0.511. The molecule has 0 radical (unpaired) electrons. The van der Waals surface area contributed by atoms with E-state index in [1.807, 2.05) is 13.8 Å². The molecule has 0 unspecified atom stereocenters. The number of amides is 2. The number of nitrogens with zero attached hydrogens (tertiary/aromatic N) is 1. The average molecular weight is 388 g/mol. The summed E-state index contributed by atoms with van der Waals surface area (Å²) < 4.78 is 24.2. The van der Waals surface area contributed by atoms with Crippen molar-refractivity contribution < 1.29 is 23.5 Å². The number of carbonyl (C=O) groups excluding carboxylic acids is 2. The van der Waals surface area contributed by atoms with Crippen LogP contribution in [-0.4, -0.2) is 43.5 Å². The van der Waals surface area contributed by atoms with Gasteiger partial charge in [-0.15, -0.1) is 0 Å². The molecule has 2 aromatic carbocycles. The Morgan fingerprint density at radius 1 is 1.11 bits per heavy atom. The SMILES string of the molecule is CCOc1ccccc1C(=O)NCC(=O)N(CC)Cc1ccc(OC)c(F)c1. The van der Waals surface area contributed by atoms with Gasteiger partial charge in [0.1, 0.15) is 5.75 Å². The van der Waals surface area contributed by atoms with Crippen molar-refractivity contribution in [3.63, 3.8) is 0 Å². The van der Waals surface area contributed by atoms with Crippen LogP contribution in [0, 0.1) is 5.82 Å². The van der Waals surface area contributed by atoms with Crippen LogP contribution in [0.25, 0.3) is 0 Å². The molecule has 28 heavy (non-hydrogen) atoms. The first kappa shape index (κ1) is 21.2. The molecule has 0 aromatic heterocycles. The molecule has 0 saturated carbocycles. The predicted molar refractivity (Wildman–Crippen MR) is 104 cm³/mol. The third kappa shape index (κ3) is 5.45. The lowest BCUT2D eigenvalue weighted by Gasteiger charge is -2.21. The Morgan fingerprint density at radius 2 is 1.86 bits per heavy atom. The second-order valence-electron chi connectivity index (χ2n) is 5.99. The summed E-state index contributed by atoms with van der Waals surface area (Å²) in [5.41, 5.74) is 1.01. The largest absolute Gasteiger partial charge is 0.494 e. The summed E-state index contributed by atoms with van der Waals surface area (Å²) in [4.78, 5) is 26.4. The fraction of sp³-hybridized carbons (Fsp3) is 0.333. The third-order valence-electron chi connectivity index (χ3n) is 4.16. The Kier molecular flexibility index (Phi) is 7.80. The molecule has 0 aliphatic carbocycles. The standard InChI is InChI=1S/C21H25FN2O4/c1-4-24(14-15-10-11-19(27-3)17(22)12-15)20(25)13-23-21(26)16-8-6-7-9-18(16)28-5-2/h6-12H,4-5,13-14H2,1-3H3,(H,23,26). The minimum atomic E-state index is -0.482. The topological polar surface area (TPSA) is 67.9 Å². The number of likely N-dealkylation sites (N-methyl/N-ethyl adjacent to an activating group) is 1. The zero-order valence-electron chi connectivity index (χ0n) is 16.3. The Labute approximate surface area is 164 Å². The maximum absolute atomic E-state index is 13.9. The van der Waals surface area contributed by atoms with E-state index in [0.29, 0.717) is 30.0 Å². The summed E-state index contributed by atoms with van der Waals surface area (Å²) in [6, 6.07) is 11.4. The first-order valence-electron chi connectivity index (χ1n) is 9.10. The molecule has 0 aliphatic heterocycles. The van der Waals surface area contributed by atoms with Crippen LogP contribution in [0.5, 0.6) is 11.5 Å². The maximum atomic E-state index is 13.9. The number of nitrogens with one attached hydrogen (secondary N) is 1. The molecular formula is C21H25FN2O4. The van der Waals surface area contributed by atoms with E-state index >= 15 is 0 Å². The van der Waals surface area contributed by atoms with E-state index in [9.17, 15) is 14.0 Å². The number of carbonyl (C=O) groups is 2. The Balaban J connectivity index is 1.98. The van der Waals surface area contributed by atoms with Gasteiger partial charge in [0.2, 0.25) is 5.91 Å². The first-order valence-corrected chi connectivity index (χ1v) is 9.10. The van der Waals surface area contributed by atoms with Gasteiger partial charge in [-0.25, -0.2) is 4.39 Å². The third-order valence-corrected chi connectivity index (χ3v) is 4.16. The fourth-order valence-corrected chi connectivity index (χ4v) is 2.70. The van der Waals surface area contributed by atoms with Gasteiger partial charge in [-0.1, -0.05) is 18.2 Å². The number of hydrogen-bond acceptors (Lipinski definition) is 4. The van der Waals surface area contributed by atoms with Crippen molar-refractivity contribution in [2.45, 2.75) is 20.4 Å². The van der Waals surface area contributed by atoms with E-state index in [-0.39, 0.29) is 30.7 Å². The summed E-state index contributed by atoms with van der Waals surface area (Å²) in [7, 11) is 1.40. The van der Waals surface area contributed by atoms with Crippen molar-refractivity contribution in [2.75, 3.05) is 26.8 Å². The quantitative estimate of drug-likeness (QED) is 0.717. The molecule has 1 N–H and O–H groups in total. The number of rotatable bonds is 9. The lowest BCUT2D eigenvalue weighted by Crippen LogP contribution is -2.39. The van der Waals surface area contributed by atoms with Gasteiger partial charge in [-0.2, -0.15) is 0 Å². The number of hydrogen-bond donors (Lipinski definition) is 1. The minimum absolute atomic E-state index is 0.151. The van der Waals surface area contributed by atoms with Crippen molar-refractivity contribution in [2.24, 2.45) is 0 Å². The van der Waals surface area contributed by atoms with Crippen LogP contribution >= 0.6 is 0 Å². The second kappa shape index (κ2) is 10.3. The Morgan fingerprint density at radius 3 is 2.50 bits per heavy atom. The first-order chi connectivity index (χ1) is 13.5. The molecule has 0 saturated heterocycles. The van der Waals surface area contributed by atoms with E-state index < -0.39 is 5.82 Å². The molecule has 0 bridgehead atoms. The van der Waals surface area contributed by atoms with Crippen LogP contribution in [0.15, 0.2) is 42.5 Å². The molecule has 150 valence electrons. The van der Waals surface area contributed by atoms with Gasteiger partial charge in [-0.05, 0) is 43.7 Å². The molecule has 0 fully saturated rings. The summed E-state index contributed by atoms with van der Waals surface area (Å²) >= 11 is 0. The molecule has 2 rings (SSSR count). The van der Waals surface area contributed by atoms with Crippen molar-refractivity contribution >= 4 is 11.8 Å². The van der Waals surface area contributed by atoms with E-state index in [0.717, 1.165) is 0 Å². The molecule has 0 spiro atoms. The van der Waals surface area contributed by atoms with Gasteiger partial charge >= 0.3 is 0 Å². The molecule has 2 aromatic rings. The summed E-state index contributed by atoms with van der Waals surface area (Å²) in [6.07, 6.45) is 0. The molecular weight excluding hydrogens is 363 g/mol. The second-order valence-corrected chi connectivity index (χ2v) is 5.99. The molecule has 2 amide bonds. The number of ether oxygens (including phenoxy) is 2. The van der Waals surface area contributed by atoms with E-state index in [4.69, 9.17) is 9.47 Å². The number of methoxy groups -OCH3 is 1. The average Bonchev–Trinajstić information content (AvgIpc) is 2.70. The van der Waals surface area contributed by atoms with Gasteiger partial charge in [0.05, 0.1) is 25.8 Å². The summed E-state index contributed by atoms with van der Waals surface area (Å²) in [5, 5.41) is 2.62. The van der Waals surface area contributed by atoms with Gasteiger partial charge < -0.3 is 19.7 Å². The highest BCUT2D eigenvalue weighted by Gasteiger charge is 2.17. The number of benzene rings is 2. The van der Waals surface area contributed by atoms with Crippen LogP contribution < -0.4 is 14.8 Å². The van der Waals surface area contributed by atoms with Crippen molar-refractivity contribution in [1.29, 1.82) is 0 Å². The smallest absolute Gasteiger partial charge is 0.255 e. The van der Waals surface area contributed by atoms with E-state index in [1.54, 1.807) is 30.3 Å². The highest BCUT2D eigenvalue weighted by atomic mass is 19.1. The minimum Gasteiger partial charge on any atom is -0.494 e. The highest BCUT2D eigenvalue weighted by molar-refractivity contribution is 5.98. The van der Waals surface area contributed by atoms with Crippen molar-refractivity contribution in [1.82, 2.24) is 10.2 Å². The fourth-order valence-electron chi connectivity index (χ4n) is 2.70. The maximum Gasteiger partial charge on any atom is 0.255 e. The molecule has 0 atom stereocenters. The van der Waals surface area contributed by atoms with Crippen LogP contribution in [0.4, 0.5) is 4.39 Å². The van der Waals surface area contributed by atoms with Crippen molar-refractivity contribution in [3.05, 3.63) is 59.4 Å². The number of para-hydroxylation sites is 1. The molecule has 0 heterocycles. The molecule has 0 aliphatic rings. The van der Waals surface area contributed by atoms with Crippen LogP contribution in [0.2, 0.25) is 0 Å². The summed E-state index contributed by atoms with van der Waals surface area (Å²) in [6.45, 7) is 4.60. The number of halogens is 1. The highest BCUT2D eigenvalue weighted by Crippen LogP contribution is 2.19. The lowest BCUT2D eigenvalue weighted by atomic mass is 10.2. The monoisotopic (exact) mass is 388 g/mol. The van der Waals surface area contributed by atoms with Gasteiger partial charge in [0.15, 0.2) is 11.6 Å². The van der Waals surface area contributed by atoms with Crippen molar-refractivity contribution in [3.8, 4) is 11.5 Å². The Bertz CT molecular complexity index is 826. The van der Waals surface area contributed by atoms with Crippen LogP contribution in [-0.2, 0) is 11.3 Å². The normalized spacial score (nSPS) is 10.3. The van der Waals surface area contributed by atoms with E-state index in [2.05, 4.69) is 5.32 Å². The van der Waals surface area contributed by atoms with Crippen LogP contribution in [0.3, 0.4) is 0 Å². The molecule has 7 heteroatoms. The zero-order valence-corrected chi connectivity index (χ0v) is 16.3. The van der Waals surface area contributed by atoms with Gasteiger partial charge in [0.25, 0.3) is 5.91 Å². The van der Waals surface area contributed by atoms with E-state index in [1.165, 1.54) is 24.1 Å². The van der Waals surface area contributed by atoms with Gasteiger partial charge in [-0.3, -0.25) is 9.59 Å². The molecule has 6 nitrogen and oxygen atoms in total. The van der Waals surface area contributed by atoms with Gasteiger partial charge in [0, 0.05) is 13.1 Å². The lowest BCUT2D eigenvalue weighted by molar-refractivity contribution is -0.130. The van der Waals surface area contributed by atoms with Crippen LogP contribution in [0.1, 0.15) is 29.8 Å². The zero-order chi connectivity index (χ0) is 20.5. The predicted octanol–water partition coefficient (Wildman–Crippen LogP) is 3.01.